The molecule has 0 radical (unpaired) electrons. The molecule has 0 aromatic heterocycles. The number of rotatable bonds is 3. The van der Waals surface area contributed by atoms with Crippen LogP contribution in [0.5, 0.6) is 0 Å². The van der Waals surface area contributed by atoms with Gasteiger partial charge in [0.25, 0.3) is 5.91 Å². The Balaban J connectivity index is 1.63. The van der Waals surface area contributed by atoms with E-state index in [4.69, 9.17) is 0 Å². The normalized spacial score (nSPS) is 26.0. The molecule has 2 atom stereocenters. The largest absolute Gasteiger partial charge is 0.378 e. The first-order valence-corrected chi connectivity index (χ1v) is 7.27. The molecule has 0 aliphatic heterocycles. The first-order chi connectivity index (χ1) is 9.63. The maximum absolute atomic E-state index is 12.1. The van der Waals surface area contributed by atoms with Gasteiger partial charge in [-0.25, -0.2) is 5.43 Å². The molecule has 2 aliphatic rings. The zero-order chi connectivity index (χ0) is 14.1. The predicted octanol–water partition coefficient (Wildman–Crippen LogP) is 2.66. The summed E-state index contributed by atoms with van der Waals surface area (Å²) >= 11 is 0. The predicted molar refractivity (Wildman–Crippen MR) is 81.1 cm³/mol. The van der Waals surface area contributed by atoms with Gasteiger partial charge in [0.05, 0.1) is 0 Å². The maximum Gasteiger partial charge on any atom is 0.271 e. The van der Waals surface area contributed by atoms with Gasteiger partial charge < -0.3 is 4.90 Å². The minimum atomic E-state index is -0.120. The van der Waals surface area contributed by atoms with Crippen molar-refractivity contribution in [1.82, 2.24) is 5.43 Å². The first kappa shape index (κ1) is 13.2. The van der Waals surface area contributed by atoms with E-state index in [0.29, 0.717) is 11.5 Å². The van der Waals surface area contributed by atoms with Gasteiger partial charge >= 0.3 is 0 Å². The Morgan fingerprint density at radius 3 is 2.55 bits per heavy atom. The minimum Gasteiger partial charge on any atom is -0.378 e. The Morgan fingerprint density at radius 1 is 1.25 bits per heavy atom. The van der Waals surface area contributed by atoms with E-state index in [1.54, 1.807) is 0 Å². The molecular weight excluding hydrogens is 250 g/mol. The quantitative estimate of drug-likeness (QED) is 0.859. The number of carbonyl (C=O) groups is 1. The minimum absolute atomic E-state index is 0.120. The van der Waals surface area contributed by atoms with Crippen LogP contribution in [0.25, 0.3) is 0 Å². The van der Waals surface area contributed by atoms with Crippen molar-refractivity contribution in [3.8, 4) is 0 Å². The number of hydrogen-bond acceptors (Lipinski definition) is 3. The zero-order valence-electron chi connectivity index (χ0n) is 12.1. The van der Waals surface area contributed by atoms with Gasteiger partial charge in [0, 0.05) is 31.1 Å². The van der Waals surface area contributed by atoms with Gasteiger partial charge in [-0.1, -0.05) is 0 Å². The zero-order valence-corrected chi connectivity index (χ0v) is 12.1. The van der Waals surface area contributed by atoms with Gasteiger partial charge in [-0.15, -0.1) is 0 Å². The second-order valence-electron chi connectivity index (χ2n) is 6.07. The summed E-state index contributed by atoms with van der Waals surface area (Å²) in [6, 6.07) is 7.57. The van der Waals surface area contributed by atoms with Gasteiger partial charge in [0.1, 0.15) is 0 Å². The molecule has 2 bridgehead atoms. The van der Waals surface area contributed by atoms with E-state index < -0.39 is 0 Å². The third-order valence-corrected chi connectivity index (χ3v) is 4.46. The Morgan fingerprint density at radius 2 is 2.00 bits per heavy atom. The molecule has 3 rings (SSSR count). The molecule has 2 aliphatic carbocycles. The molecule has 106 valence electrons. The fraction of sp³-hybridized carbons (Fsp3) is 0.500. The van der Waals surface area contributed by atoms with E-state index in [9.17, 15) is 4.79 Å². The molecule has 0 saturated heterocycles. The number of amides is 1. The topological polar surface area (TPSA) is 44.7 Å². The summed E-state index contributed by atoms with van der Waals surface area (Å²) in [5.74, 6) is 1.32. The Hall–Kier alpha value is -1.84. The van der Waals surface area contributed by atoms with Crippen LogP contribution in [0.2, 0.25) is 0 Å². The molecule has 1 aromatic carbocycles. The first-order valence-electron chi connectivity index (χ1n) is 7.27. The fourth-order valence-electron chi connectivity index (χ4n) is 3.26. The molecule has 4 nitrogen and oxygen atoms in total. The third kappa shape index (κ3) is 2.55. The number of nitrogens with zero attached hydrogens (tertiary/aromatic N) is 2. The number of anilines is 1. The SMILES string of the molecule is CN(C)c1ccc(C(=O)N/N=C2\C[C@@H]3CC[C@H]2C3)cc1. The number of fused-ring (bicyclic) bond motifs is 2. The molecule has 0 spiro atoms. The molecular formula is C16H21N3O. The highest BCUT2D eigenvalue weighted by Crippen LogP contribution is 2.42. The summed E-state index contributed by atoms with van der Waals surface area (Å²) in [7, 11) is 3.96. The Labute approximate surface area is 119 Å². The molecule has 2 saturated carbocycles. The van der Waals surface area contributed by atoms with Crippen LogP contribution in [-0.4, -0.2) is 25.7 Å². The standard InChI is InChI=1S/C16H21N3O/c1-19(2)14-7-5-12(6-8-14)16(20)18-17-15-10-11-3-4-13(15)9-11/h5-8,11,13H,3-4,9-10H2,1-2H3,(H,18,20)/b17-15+/t11-,13+/m1/s1. The number of benzene rings is 1. The van der Waals surface area contributed by atoms with Crippen LogP contribution in [0, 0.1) is 11.8 Å². The summed E-state index contributed by atoms with van der Waals surface area (Å²) in [5.41, 5.74) is 5.64. The van der Waals surface area contributed by atoms with E-state index in [0.717, 1.165) is 18.0 Å². The molecule has 0 heterocycles. The van der Waals surface area contributed by atoms with E-state index >= 15 is 0 Å². The molecule has 1 aromatic rings. The maximum atomic E-state index is 12.1. The van der Waals surface area contributed by atoms with Crippen LogP contribution in [0.3, 0.4) is 0 Å². The molecule has 4 heteroatoms. The van der Waals surface area contributed by atoms with E-state index in [2.05, 4.69) is 10.5 Å². The Bertz CT molecular complexity index is 533. The van der Waals surface area contributed by atoms with Crippen molar-refractivity contribution in [2.24, 2.45) is 16.9 Å². The summed E-state index contributed by atoms with van der Waals surface area (Å²) in [6.07, 6.45) is 4.93. The van der Waals surface area contributed by atoms with E-state index in [1.807, 2.05) is 43.3 Å². The van der Waals surface area contributed by atoms with Crippen LogP contribution in [-0.2, 0) is 0 Å². The number of carbonyl (C=O) groups excluding carboxylic acids is 1. The Kier molecular flexibility index (Phi) is 3.47. The molecule has 2 fully saturated rings. The molecule has 20 heavy (non-hydrogen) atoms. The summed E-state index contributed by atoms with van der Waals surface area (Å²) in [4.78, 5) is 14.1. The van der Waals surface area contributed by atoms with Gasteiger partial charge in [-0.05, 0) is 61.8 Å². The smallest absolute Gasteiger partial charge is 0.271 e. The van der Waals surface area contributed by atoms with Crippen LogP contribution < -0.4 is 10.3 Å². The van der Waals surface area contributed by atoms with Crippen molar-refractivity contribution in [2.45, 2.75) is 25.7 Å². The van der Waals surface area contributed by atoms with Gasteiger partial charge in [-0.3, -0.25) is 4.79 Å². The average Bonchev–Trinajstić information content (AvgIpc) is 3.07. The fourth-order valence-corrected chi connectivity index (χ4v) is 3.26. The lowest BCUT2D eigenvalue weighted by molar-refractivity contribution is 0.0954. The summed E-state index contributed by atoms with van der Waals surface area (Å²) in [6.45, 7) is 0. The summed E-state index contributed by atoms with van der Waals surface area (Å²) < 4.78 is 0. The van der Waals surface area contributed by atoms with Crippen molar-refractivity contribution in [2.75, 3.05) is 19.0 Å². The van der Waals surface area contributed by atoms with E-state index in [-0.39, 0.29) is 5.91 Å². The highest BCUT2D eigenvalue weighted by molar-refractivity contribution is 5.96. The molecule has 1 N–H and O–H groups in total. The van der Waals surface area contributed by atoms with Gasteiger partial charge in [-0.2, -0.15) is 5.10 Å². The monoisotopic (exact) mass is 271 g/mol. The average molecular weight is 271 g/mol. The summed E-state index contributed by atoms with van der Waals surface area (Å²) in [5, 5.41) is 4.35. The van der Waals surface area contributed by atoms with Crippen LogP contribution >= 0.6 is 0 Å². The lowest BCUT2D eigenvalue weighted by Gasteiger charge is -2.13. The van der Waals surface area contributed by atoms with Crippen LogP contribution in [0.1, 0.15) is 36.0 Å². The van der Waals surface area contributed by atoms with Gasteiger partial charge in [0.15, 0.2) is 0 Å². The lowest BCUT2D eigenvalue weighted by Crippen LogP contribution is -2.22. The highest BCUT2D eigenvalue weighted by Gasteiger charge is 2.36. The highest BCUT2D eigenvalue weighted by atomic mass is 16.2. The third-order valence-electron chi connectivity index (χ3n) is 4.46. The molecule has 0 unspecified atom stereocenters. The van der Waals surface area contributed by atoms with Crippen LogP contribution in [0.4, 0.5) is 5.69 Å². The second-order valence-corrected chi connectivity index (χ2v) is 6.07. The lowest BCUT2D eigenvalue weighted by atomic mass is 9.99. The van der Waals surface area contributed by atoms with Crippen LogP contribution in [0.15, 0.2) is 29.4 Å². The van der Waals surface area contributed by atoms with Crippen molar-refractivity contribution in [3.05, 3.63) is 29.8 Å². The number of nitrogens with one attached hydrogen (secondary N) is 1. The van der Waals surface area contributed by atoms with Crippen molar-refractivity contribution in [1.29, 1.82) is 0 Å². The van der Waals surface area contributed by atoms with Crippen molar-refractivity contribution in [3.63, 3.8) is 0 Å². The van der Waals surface area contributed by atoms with E-state index in [1.165, 1.54) is 25.0 Å². The number of hydrazone groups is 1. The van der Waals surface area contributed by atoms with Gasteiger partial charge in [0.2, 0.25) is 0 Å². The molecule has 1 amide bonds. The van der Waals surface area contributed by atoms with Crippen molar-refractivity contribution < 1.29 is 4.79 Å². The number of hydrogen-bond donors (Lipinski definition) is 1. The second kappa shape index (κ2) is 5.27. The van der Waals surface area contributed by atoms with Crippen molar-refractivity contribution >= 4 is 17.3 Å².